The molecule has 0 fully saturated rings. The highest BCUT2D eigenvalue weighted by Crippen LogP contribution is 2.43. The van der Waals surface area contributed by atoms with Crippen LogP contribution in [0.1, 0.15) is 59.3 Å². The van der Waals surface area contributed by atoms with Crippen LogP contribution in [0.4, 0.5) is 10.1 Å². The lowest BCUT2D eigenvalue weighted by Crippen LogP contribution is -2.20. The van der Waals surface area contributed by atoms with Crippen molar-refractivity contribution in [1.82, 2.24) is 4.57 Å². The summed E-state index contributed by atoms with van der Waals surface area (Å²) in [4.78, 5) is 37.4. The molecule has 0 saturated carbocycles. The third-order valence-electron chi connectivity index (χ3n) is 7.11. The van der Waals surface area contributed by atoms with Gasteiger partial charge >= 0.3 is 11.9 Å². The van der Waals surface area contributed by atoms with Gasteiger partial charge in [0.15, 0.2) is 0 Å². The minimum atomic E-state index is -1.27. The first-order chi connectivity index (χ1) is 21.5. The van der Waals surface area contributed by atoms with E-state index >= 15 is 0 Å². The minimum Gasteiger partial charge on any atom is -0.481 e. The van der Waals surface area contributed by atoms with Gasteiger partial charge < -0.3 is 29.9 Å². The first-order valence-electron chi connectivity index (χ1n) is 14.4. The highest BCUT2D eigenvalue weighted by atomic mass is 19.1. The Morgan fingerprint density at radius 2 is 1.60 bits per heavy atom. The number of aromatic nitrogens is 1. The van der Waals surface area contributed by atoms with Gasteiger partial charge in [-0.25, -0.2) is 9.18 Å². The van der Waals surface area contributed by atoms with Crippen LogP contribution in [0.25, 0.3) is 28.3 Å². The number of esters is 1. The van der Waals surface area contributed by atoms with E-state index in [2.05, 4.69) is 5.32 Å². The number of carboxylic acid groups (broad SMARTS) is 1. The molecule has 4 N–H and O–H groups in total. The average Bonchev–Trinajstić information content (AvgIpc) is 3.35. The van der Waals surface area contributed by atoms with Crippen LogP contribution in [-0.2, 0) is 9.53 Å². The van der Waals surface area contributed by atoms with Crippen molar-refractivity contribution < 1.29 is 38.8 Å². The van der Waals surface area contributed by atoms with Crippen LogP contribution in [0.5, 0.6) is 0 Å². The third kappa shape index (κ3) is 7.91. The van der Waals surface area contributed by atoms with Crippen molar-refractivity contribution in [3.05, 3.63) is 108 Å². The van der Waals surface area contributed by atoms with Gasteiger partial charge in [-0.15, -0.1) is 0 Å². The fourth-order valence-electron chi connectivity index (χ4n) is 5.20. The van der Waals surface area contributed by atoms with Gasteiger partial charge in [-0.05, 0) is 61.4 Å². The number of halogens is 1. The Labute approximate surface area is 260 Å². The number of nitrogens with zero attached hydrogens (tertiary/aromatic N) is 1. The molecule has 0 spiro atoms. The van der Waals surface area contributed by atoms with Gasteiger partial charge in [0.05, 0.1) is 31.3 Å². The molecule has 9 nitrogen and oxygen atoms in total. The highest BCUT2D eigenvalue weighted by Gasteiger charge is 2.29. The molecule has 0 aliphatic carbocycles. The quantitative estimate of drug-likeness (QED) is 0.140. The van der Waals surface area contributed by atoms with Gasteiger partial charge in [0, 0.05) is 35.0 Å². The molecule has 4 aromatic rings. The zero-order valence-electron chi connectivity index (χ0n) is 25.1. The Kier molecular flexibility index (Phi) is 10.7. The molecule has 0 aliphatic rings. The largest absolute Gasteiger partial charge is 0.481 e. The van der Waals surface area contributed by atoms with Crippen molar-refractivity contribution in [2.75, 3.05) is 12.4 Å². The van der Waals surface area contributed by atoms with Crippen LogP contribution in [-0.4, -0.2) is 57.1 Å². The Hall–Kier alpha value is -5.06. The van der Waals surface area contributed by atoms with Crippen LogP contribution in [0, 0.1) is 5.82 Å². The number of benzene rings is 3. The second kappa shape index (κ2) is 14.6. The van der Waals surface area contributed by atoms with Gasteiger partial charge in [-0.3, -0.25) is 9.59 Å². The smallest absolute Gasteiger partial charge is 0.337 e. The molecule has 0 saturated heterocycles. The maximum absolute atomic E-state index is 14.3. The number of aliphatic hydroxyl groups is 2. The number of anilines is 1. The van der Waals surface area contributed by atoms with Crippen LogP contribution in [0.15, 0.2) is 84.9 Å². The molecule has 0 aliphatic heterocycles. The fraction of sp³-hybridized carbons (Fsp3) is 0.229. The molecular weight excluding hydrogens is 579 g/mol. The number of carbonyl (C=O) groups excluding carboxylic acids is 2. The number of aliphatic carboxylic acids is 1. The van der Waals surface area contributed by atoms with Gasteiger partial charge in [0.25, 0.3) is 5.91 Å². The summed E-state index contributed by atoms with van der Waals surface area (Å²) < 4.78 is 20.7. The normalized spacial score (nSPS) is 12.7. The third-order valence-corrected chi connectivity index (χ3v) is 7.11. The Morgan fingerprint density at radius 3 is 2.22 bits per heavy atom. The van der Waals surface area contributed by atoms with Crippen LogP contribution in [0.2, 0.25) is 0 Å². The Morgan fingerprint density at radius 1 is 0.933 bits per heavy atom. The van der Waals surface area contributed by atoms with E-state index in [1.807, 2.05) is 44.2 Å². The molecule has 0 radical (unpaired) electrons. The zero-order chi connectivity index (χ0) is 32.7. The monoisotopic (exact) mass is 614 g/mol. The first kappa shape index (κ1) is 32.8. The number of aliphatic hydroxyl groups excluding tert-OH is 2. The molecule has 45 heavy (non-hydrogen) atoms. The van der Waals surface area contributed by atoms with E-state index in [-0.39, 0.29) is 23.7 Å². The summed E-state index contributed by atoms with van der Waals surface area (Å²) in [5.41, 5.74) is 3.88. The van der Waals surface area contributed by atoms with Crippen molar-refractivity contribution in [2.24, 2.45) is 0 Å². The van der Waals surface area contributed by atoms with E-state index in [1.165, 1.54) is 31.4 Å². The number of methoxy groups -OCH3 is 1. The molecule has 10 heteroatoms. The number of hydrogen-bond acceptors (Lipinski definition) is 6. The van der Waals surface area contributed by atoms with E-state index < -0.39 is 42.3 Å². The summed E-state index contributed by atoms with van der Waals surface area (Å²) in [6, 6.07) is 21.1. The van der Waals surface area contributed by atoms with E-state index in [9.17, 15) is 29.0 Å². The van der Waals surface area contributed by atoms with E-state index in [4.69, 9.17) is 9.84 Å². The molecule has 3 aromatic carbocycles. The molecule has 2 unspecified atom stereocenters. The van der Waals surface area contributed by atoms with Crippen LogP contribution < -0.4 is 5.32 Å². The number of nitrogens with one attached hydrogen (secondary N) is 1. The predicted molar refractivity (Wildman–Crippen MR) is 169 cm³/mol. The van der Waals surface area contributed by atoms with Crippen molar-refractivity contribution in [3.8, 4) is 22.3 Å². The lowest BCUT2D eigenvalue weighted by atomic mass is 9.94. The predicted octanol–water partition coefficient (Wildman–Crippen LogP) is 6.18. The summed E-state index contributed by atoms with van der Waals surface area (Å²) in [6.45, 7) is 3.78. The first-order valence-corrected chi connectivity index (χ1v) is 14.4. The Bertz CT molecular complexity index is 1700. The highest BCUT2D eigenvalue weighted by molar-refractivity contribution is 6.12. The van der Waals surface area contributed by atoms with Gasteiger partial charge in [0.2, 0.25) is 0 Å². The Balaban J connectivity index is 1.95. The maximum Gasteiger partial charge on any atom is 0.337 e. The topological polar surface area (TPSA) is 138 Å². The zero-order valence-corrected chi connectivity index (χ0v) is 25.1. The standard InChI is InChI=1S/C35H35FN2O7/c1-21(2)38-29(17-16-27(39)19-28(40)20-30(41)42)31(23-12-14-25(36)15-13-23)32(22-8-5-4-6-9-22)33(38)34(43)37-26-11-7-10-24(18-26)35(44)45-3/h4-18,21,27-28,39-40H,19-20H2,1-3H3,(H,37,43)(H,41,42). The molecule has 2 atom stereocenters. The van der Waals surface area contributed by atoms with E-state index in [0.717, 1.165) is 0 Å². The fourth-order valence-corrected chi connectivity index (χ4v) is 5.20. The lowest BCUT2D eigenvalue weighted by molar-refractivity contribution is -0.139. The summed E-state index contributed by atoms with van der Waals surface area (Å²) in [5, 5.41) is 32.7. The summed E-state index contributed by atoms with van der Waals surface area (Å²) in [7, 11) is 1.27. The van der Waals surface area contributed by atoms with Crippen LogP contribution in [0.3, 0.4) is 0 Å². The van der Waals surface area contributed by atoms with Crippen molar-refractivity contribution in [2.45, 2.75) is 44.9 Å². The molecule has 234 valence electrons. The molecule has 1 heterocycles. The van der Waals surface area contributed by atoms with E-state index in [0.29, 0.717) is 33.6 Å². The number of amides is 1. The van der Waals surface area contributed by atoms with Crippen LogP contribution >= 0.6 is 0 Å². The van der Waals surface area contributed by atoms with E-state index in [1.54, 1.807) is 41.0 Å². The lowest BCUT2D eigenvalue weighted by Gasteiger charge is -2.17. The summed E-state index contributed by atoms with van der Waals surface area (Å²) >= 11 is 0. The number of ether oxygens (including phenoxy) is 1. The molecule has 1 aromatic heterocycles. The van der Waals surface area contributed by atoms with Crippen molar-refractivity contribution in [1.29, 1.82) is 0 Å². The van der Waals surface area contributed by atoms with Crippen molar-refractivity contribution >= 4 is 29.6 Å². The number of hydrogen-bond donors (Lipinski definition) is 4. The molecule has 1 amide bonds. The number of rotatable bonds is 12. The number of carbonyl (C=O) groups is 3. The SMILES string of the molecule is COC(=O)c1cccc(NC(=O)c2c(-c3ccccc3)c(-c3ccc(F)cc3)c(C=CC(O)CC(O)CC(=O)O)n2C(C)C)c1. The second-order valence-electron chi connectivity index (χ2n) is 10.8. The van der Waals surface area contributed by atoms with Gasteiger partial charge in [-0.2, -0.15) is 0 Å². The summed E-state index contributed by atoms with van der Waals surface area (Å²) in [6.07, 6.45) is -0.146. The molecular formula is C35H35FN2O7. The second-order valence-corrected chi connectivity index (χ2v) is 10.8. The van der Waals surface area contributed by atoms with Crippen molar-refractivity contribution in [3.63, 3.8) is 0 Å². The molecule has 0 bridgehead atoms. The average molecular weight is 615 g/mol. The minimum absolute atomic E-state index is 0.216. The van der Waals surface area contributed by atoms with Gasteiger partial charge in [0.1, 0.15) is 11.5 Å². The molecule has 4 rings (SSSR count). The van der Waals surface area contributed by atoms with Gasteiger partial charge in [-0.1, -0.05) is 54.6 Å². The number of carboxylic acids is 1. The summed E-state index contributed by atoms with van der Waals surface area (Å²) in [5.74, 6) is -2.66. The maximum atomic E-state index is 14.3.